The molecule has 1 saturated heterocycles. The molecule has 1 fully saturated rings. The lowest BCUT2D eigenvalue weighted by atomic mass is 10.1. The van der Waals surface area contributed by atoms with Crippen LogP contribution in [0.2, 0.25) is 0 Å². The van der Waals surface area contributed by atoms with Crippen molar-refractivity contribution in [1.29, 1.82) is 0 Å². The summed E-state index contributed by atoms with van der Waals surface area (Å²) in [5, 5.41) is 2.96. The van der Waals surface area contributed by atoms with Crippen LogP contribution in [0.5, 0.6) is 5.75 Å². The molecular weight excluding hydrogens is 352 g/mol. The molecule has 28 heavy (non-hydrogen) atoms. The van der Waals surface area contributed by atoms with Crippen molar-refractivity contribution < 1.29 is 14.4 Å². The Hall–Kier alpha value is -2.86. The lowest BCUT2D eigenvalue weighted by molar-refractivity contribution is -0.919. The van der Waals surface area contributed by atoms with E-state index in [0.717, 1.165) is 29.1 Å². The monoisotopic (exact) mass is 379 g/mol. The van der Waals surface area contributed by atoms with Crippen molar-refractivity contribution >= 4 is 22.6 Å². The average molecular weight is 379 g/mol. The number of piperidine rings is 1. The van der Waals surface area contributed by atoms with Crippen molar-refractivity contribution in [2.45, 2.75) is 25.8 Å². The Morgan fingerprint density at radius 1 is 1.18 bits per heavy atom. The van der Waals surface area contributed by atoms with Gasteiger partial charge in [0.05, 0.1) is 36.8 Å². The highest BCUT2D eigenvalue weighted by molar-refractivity contribution is 6.06. The van der Waals surface area contributed by atoms with E-state index in [1.165, 1.54) is 32.4 Å². The lowest BCUT2D eigenvalue weighted by Crippen LogP contribution is -3.11. The topological polar surface area (TPSA) is 60.6 Å². The number of aromatic nitrogens is 2. The molecule has 0 aliphatic carbocycles. The van der Waals surface area contributed by atoms with Gasteiger partial charge in [-0.15, -0.1) is 0 Å². The normalized spacial score (nSPS) is 14.9. The van der Waals surface area contributed by atoms with Crippen LogP contribution in [0.1, 0.15) is 35.4 Å². The number of quaternary nitrogens is 1. The number of hydrogen-bond donors (Lipinski definition) is 2. The molecule has 6 nitrogen and oxygen atoms in total. The van der Waals surface area contributed by atoms with Crippen molar-refractivity contribution in [3.8, 4) is 5.75 Å². The predicted molar refractivity (Wildman–Crippen MR) is 110 cm³/mol. The average Bonchev–Trinajstić information content (AvgIpc) is 3.03. The molecule has 3 aromatic rings. The van der Waals surface area contributed by atoms with Gasteiger partial charge in [0.2, 0.25) is 0 Å². The second-order valence-corrected chi connectivity index (χ2v) is 7.43. The molecule has 1 amide bonds. The summed E-state index contributed by atoms with van der Waals surface area (Å²) in [6.45, 7) is 3.40. The molecule has 0 unspecified atom stereocenters. The molecule has 0 atom stereocenters. The van der Waals surface area contributed by atoms with Gasteiger partial charge in [-0.3, -0.25) is 4.79 Å². The van der Waals surface area contributed by atoms with Crippen LogP contribution in [0.4, 0.5) is 5.69 Å². The summed E-state index contributed by atoms with van der Waals surface area (Å²) in [5.41, 5.74) is 3.24. The molecule has 6 heteroatoms. The minimum Gasteiger partial charge on any atom is -0.496 e. The Kier molecular flexibility index (Phi) is 5.30. The number of ether oxygens (including phenoxy) is 1. The van der Waals surface area contributed by atoms with Crippen LogP contribution < -0.4 is 15.0 Å². The van der Waals surface area contributed by atoms with Crippen LogP contribution >= 0.6 is 0 Å². The molecule has 2 heterocycles. The molecule has 4 rings (SSSR count). The number of benzene rings is 2. The second kappa shape index (κ2) is 8.02. The quantitative estimate of drug-likeness (QED) is 0.716. The molecule has 0 saturated carbocycles. The fraction of sp³-hybridized carbons (Fsp3) is 0.364. The van der Waals surface area contributed by atoms with Gasteiger partial charge in [-0.05, 0) is 49.6 Å². The highest BCUT2D eigenvalue weighted by Crippen LogP contribution is 2.22. The zero-order valence-corrected chi connectivity index (χ0v) is 16.5. The molecule has 0 spiro atoms. The van der Waals surface area contributed by atoms with E-state index in [9.17, 15) is 4.79 Å². The zero-order valence-electron chi connectivity index (χ0n) is 16.5. The zero-order chi connectivity index (χ0) is 19.5. The molecule has 2 aromatic carbocycles. The number of para-hydroxylation sites is 1. The van der Waals surface area contributed by atoms with E-state index in [0.29, 0.717) is 11.3 Å². The van der Waals surface area contributed by atoms with E-state index in [1.54, 1.807) is 24.1 Å². The molecule has 1 aromatic heterocycles. The number of methoxy groups -OCH3 is 1. The van der Waals surface area contributed by atoms with Crippen molar-refractivity contribution in [2.75, 3.05) is 25.5 Å². The smallest absolute Gasteiger partial charge is 0.259 e. The standard InChI is InChI=1S/C22H26N4O2/c1-25-19-11-10-16(23-22(27)17-8-4-5-9-20(17)28-2)14-18(19)24-21(25)15-26-12-6-3-7-13-26/h4-5,8-11,14H,3,6-7,12-13,15H2,1-2H3,(H,23,27)/p+1. The number of aryl methyl sites for hydroxylation is 1. The second-order valence-electron chi connectivity index (χ2n) is 7.43. The van der Waals surface area contributed by atoms with Gasteiger partial charge in [0.15, 0.2) is 5.82 Å². The van der Waals surface area contributed by atoms with Crippen molar-refractivity contribution in [2.24, 2.45) is 7.05 Å². The minimum absolute atomic E-state index is 0.189. The number of imidazole rings is 1. The van der Waals surface area contributed by atoms with Gasteiger partial charge in [-0.25, -0.2) is 4.98 Å². The summed E-state index contributed by atoms with van der Waals surface area (Å²) < 4.78 is 7.46. The Bertz CT molecular complexity index is 989. The van der Waals surface area contributed by atoms with Gasteiger partial charge in [0.1, 0.15) is 12.3 Å². The third kappa shape index (κ3) is 3.73. The minimum atomic E-state index is -0.189. The van der Waals surface area contributed by atoms with E-state index >= 15 is 0 Å². The van der Waals surface area contributed by atoms with Crippen molar-refractivity contribution in [1.82, 2.24) is 9.55 Å². The van der Waals surface area contributed by atoms with Gasteiger partial charge in [0, 0.05) is 12.7 Å². The van der Waals surface area contributed by atoms with Gasteiger partial charge >= 0.3 is 0 Å². The van der Waals surface area contributed by atoms with Gasteiger partial charge in [-0.1, -0.05) is 12.1 Å². The Labute approximate surface area is 165 Å². The summed E-state index contributed by atoms with van der Waals surface area (Å²) in [5.74, 6) is 1.47. The highest BCUT2D eigenvalue weighted by Gasteiger charge is 2.18. The highest BCUT2D eigenvalue weighted by atomic mass is 16.5. The maximum absolute atomic E-state index is 12.6. The summed E-state index contributed by atoms with van der Waals surface area (Å²) in [6, 6.07) is 13.1. The van der Waals surface area contributed by atoms with E-state index < -0.39 is 0 Å². The fourth-order valence-electron chi connectivity index (χ4n) is 3.97. The van der Waals surface area contributed by atoms with E-state index in [4.69, 9.17) is 9.72 Å². The van der Waals surface area contributed by atoms with Crippen LogP contribution in [-0.4, -0.2) is 35.7 Å². The molecule has 0 radical (unpaired) electrons. The first-order chi connectivity index (χ1) is 13.7. The van der Waals surface area contributed by atoms with Crippen LogP contribution in [0.3, 0.4) is 0 Å². The number of likely N-dealkylation sites (tertiary alicyclic amines) is 1. The number of nitrogens with one attached hydrogen (secondary N) is 2. The lowest BCUT2D eigenvalue weighted by Gasteiger charge is -2.23. The first-order valence-electron chi connectivity index (χ1n) is 9.89. The number of amides is 1. The first-order valence-corrected chi connectivity index (χ1v) is 9.89. The molecule has 1 aliphatic rings. The van der Waals surface area contributed by atoms with Gasteiger partial charge < -0.3 is 19.5 Å². The Morgan fingerprint density at radius 2 is 1.96 bits per heavy atom. The number of rotatable bonds is 5. The molecular formula is C22H27N4O2+. The number of nitrogens with zero attached hydrogens (tertiary/aromatic N) is 2. The maximum Gasteiger partial charge on any atom is 0.259 e. The molecule has 146 valence electrons. The SMILES string of the molecule is COc1ccccc1C(=O)Nc1ccc2c(c1)nc(C[NH+]1CCCCC1)n2C. The van der Waals surface area contributed by atoms with Crippen molar-refractivity contribution in [3.05, 3.63) is 53.9 Å². The maximum atomic E-state index is 12.6. The Balaban J connectivity index is 1.55. The number of carbonyl (C=O) groups excluding carboxylic acids is 1. The fourth-order valence-corrected chi connectivity index (χ4v) is 3.97. The molecule has 1 aliphatic heterocycles. The molecule has 0 bridgehead atoms. The van der Waals surface area contributed by atoms with Crippen LogP contribution in [0, 0.1) is 0 Å². The summed E-state index contributed by atoms with van der Waals surface area (Å²) in [4.78, 5) is 19.1. The van der Waals surface area contributed by atoms with E-state index in [-0.39, 0.29) is 5.91 Å². The molecule has 2 N–H and O–H groups in total. The van der Waals surface area contributed by atoms with Crippen molar-refractivity contribution in [3.63, 3.8) is 0 Å². The van der Waals surface area contributed by atoms with E-state index in [1.807, 2.05) is 30.3 Å². The third-order valence-corrected chi connectivity index (χ3v) is 5.55. The largest absolute Gasteiger partial charge is 0.496 e. The van der Waals surface area contributed by atoms with E-state index in [2.05, 4.69) is 16.9 Å². The summed E-state index contributed by atoms with van der Waals surface area (Å²) in [7, 11) is 3.64. The number of anilines is 1. The Morgan fingerprint density at radius 3 is 2.75 bits per heavy atom. The predicted octanol–water partition coefficient (Wildman–Crippen LogP) is 2.40. The summed E-state index contributed by atoms with van der Waals surface area (Å²) >= 11 is 0. The first kappa shape index (κ1) is 18.5. The number of hydrogen-bond acceptors (Lipinski definition) is 3. The summed E-state index contributed by atoms with van der Waals surface area (Å²) in [6.07, 6.45) is 3.96. The number of carbonyl (C=O) groups is 1. The van der Waals surface area contributed by atoms with Gasteiger partial charge in [-0.2, -0.15) is 0 Å². The van der Waals surface area contributed by atoms with Gasteiger partial charge in [0.25, 0.3) is 5.91 Å². The van der Waals surface area contributed by atoms with Crippen LogP contribution in [-0.2, 0) is 13.6 Å². The third-order valence-electron chi connectivity index (χ3n) is 5.55. The number of fused-ring (bicyclic) bond motifs is 1. The van der Waals surface area contributed by atoms with Crippen LogP contribution in [0.25, 0.3) is 11.0 Å². The van der Waals surface area contributed by atoms with Crippen LogP contribution in [0.15, 0.2) is 42.5 Å².